The molecule has 0 spiro atoms. The molecule has 0 fully saturated rings. The molecule has 0 aromatic heterocycles. The van der Waals surface area contributed by atoms with E-state index in [0.717, 1.165) is 0 Å². The number of hydrogen-bond donors (Lipinski definition) is 1. The van der Waals surface area contributed by atoms with Gasteiger partial charge in [0.05, 0.1) is 36.4 Å². The molecule has 0 aliphatic carbocycles. The molecule has 1 aromatic rings. The number of benzene rings is 1. The number of nitriles is 1. The van der Waals surface area contributed by atoms with Crippen LogP contribution < -0.4 is 5.32 Å². The maximum Gasteiger partial charge on any atom is 0.292 e. The summed E-state index contributed by atoms with van der Waals surface area (Å²) in [6.07, 6.45) is 0. The zero-order valence-electron chi connectivity index (χ0n) is 10.6. The van der Waals surface area contributed by atoms with E-state index in [9.17, 15) is 10.1 Å². The van der Waals surface area contributed by atoms with Crippen molar-refractivity contribution in [1.29, 1.82) is 5.26 Å². The maximum atomic E-state index is 10.8. The van der Waals surface area contributed by atoms with Crippen LogP contribution in [0.25, 0.3) is 0 Å². The van der Waals surface area contributed by atoms with Crippen molar-refractivity contribution in [1.82, 2.24) is 0 Å². The SMILES string of the molecule is COCCOCCNc1cc(C#N)ccc1[N+](=O)[O-]. The monoisotopic (exact) mass is 265 g/mol. The molecule has 0 bridgehead atoms. The Balaban J connectivity index is 2.56. The zero-order valence-corrected chi connectivity index (χ0v) is 10.6. The number of nitro groups is 1. The highest BCUT2D eigenvalue weighted by molar-refractivity contribution is 5.64. The summed E-state index contributed by atoms with van der Waals surface area (Å²) in [4.78, 5) is 10.3. The fraction of sp³-hybridized carbons (Fsp3) is 0.417. The van der Waals surface area contributed by atoms with Crippen LogP contribution >= 0.6 is 0 Å². The molecule has 0 aliphatic heterocycles. The highest BCUT2D eigenvalue weighted by Gasteiger charge is 2.13. The number of methoxy groups -OCH3 is 1. The van der Waals surface area contributed by atoms with E-state index in [1.165, 1.54) is 18.2 Å². The average Bonchev–Trinajstić information content (AvgIpc) is 2.42. The van der Waals surface area contributed by atoms with Gasteiger partial charge in [-0.25, -0.2) is 0 Å². The second kappa shape index (κ2) is 8.02. The molecule has 7 nitrogen and oxygen atoms in total. The van der Waals surface area contributed by atoms with Crippen molar-refractivity contribution in [2.24, 2.45) is 0 Å². The van der Waals surface area contributed by atoms with Crippen LogP contribution in [0.4, 0.5) is 11.4 Å². The number of ether oxygens (including phenoxy) is 2. The third-order valence-electron chi connectivity index (χ3n) is 2.32. The molecular formula is C12H15N3O4. The summed E-state index contributed by atoms with van der Waals surface area (Å²) in [6.45, 7) is 1.79. The standard InChI is InChI=1S/C12H15N3O4/c1-18-6-7-19-5-4-14-11-8-10(9-13)2-3-12(11)15(16)17/h2-3,8,14H,4-7H2,1H3. The highest BCUT2D eigenvalue weighted by atomic mass is 16.6. The van der Waals surface area contributed by atoms with Gasteiger partial charge in [0.2, 0.25) is 0 Å². The van der Waals surface area contributed by atoms with Gasteiger partial charge < -0.3 is 14.8 Å². The number of nitrogens with zero attached hydrogens (tertiary/aromatic N) is 2. The van der Waals surface area contributed by atoms with Crippen molar-refractivity contribution in [3.05, 3.63) is 33.9 Å². The Bertz CT molecular complexity index is 471. The molecule has 102 valence electrons. The van der Waals surface area contributed by atoms with E-state index in [1.54, 1.807) is 7.11 Å². The predicted molar refractivity (Wildman–Crippen MR) is 69.0 cm³/mol. The quantitative estimate of drug-likeness (QED) is 0.435. The van der Waals surface area contributed by atoms with Gasteiger partial charge >= 0.3 is 0 Å². The lowest BCUT2D eigenvalue weighted by Crippen LogP contribution is -2.12. The third-order valence-corrected chi connectivity index (χ3v) is 2.32. The van der Waals surface area contributed by atoms with Gasteiger partial charge in [0.15, 0.2) is 0 Å². The molecule has 7 heteroatoms. The zero-order chi connectivity index (χ0) is 14.1. The first-order valence-electron chi connectivity index (χ1n) is 5.68. The van der Waals surface area contributed by atoms with Crippen molar-refractivity contribution in [3.8, 4) is 6.07 Å². The van der Waals surface area contributed by atoms with Crippen LogP contribution in [0.2, 0.25) is 0 Å². The lowest BCUT2D eigenvalue weighted by molar-refractivity contribution is -0.384. The fourth-order valence-electron chi connectivity index (χ4n) is 1.41. The Morgan fingerprint density at radius 2 is 2.21 bits per heavy atom. The van der Waals surface area contributed by atoms with Crippen LogP contribution in [0.15, 0.2) is 18.2 Å². The summed E-state index contributed by atoms with van der Waals surface area (Å²) in [5.74, 6) is 0. The van der Waals surface area contributed by atoms with Gasteiger partial charge in [-0.2, -0.15) is 5.26 Å². The van der Waals surface area contributed by atoms with Gasteiger partial charge in [0.25, 0.3) is 5.69 Å². The van der Waals surface area contributed by atoms with Crippen molar-refractivity contribution in [3.63, 3.8) is 0 Å². The van der Waals surface area contributed by atoms with Crippen LogP contribution in [-0.2, 0) is 9.47 Å². The summed E-state index contributed by atoms with van der Waals surface area (Å²) in [5, 5.41) is 22.5. The first-order chi connectivity index (χ1) is 9.19. The molecule has 0 amide bonds. The Morgan fingerprint density at radius 3 is 2.84 bits per heavy atom. The number of anilines is 1. The number of nitro benzene ring substituents is 1. The normalized spacial score (nSPS) is 9.89. The minimum Gasteiger partial charge on any atom is -0.382 e. The summed E-state index contributed by atoms with van der Waals surface area (Å²) < 4.78 is 10.0. The molecule has 0 heterocycles. The van der Waals surface area contributed by atoms with E-state index < -0.39 is 4.92 Å². The van der Waals surface area contributed by atoms with E-state index in [-0.39, 0.29) is 5.69 Å². The van der Waals surface area contributed by atoms with E-state index in [1.807, 2.05) is 6.07 Å². The first-order valence-corrected chi connectivity index (χ1v) is 5.68. The minimum absolute atomic E-state index is 0.0594. The number of rotatable bonds is 8. The van der Waals surface area contributed by atoms with Gasteiger partial charge in [-0.15, -0.1) is 0 Å². The van der Waals surface area contributed by atoms with Crippen molar-refractivity contribution in [2.75, 3.05) is 38.8 Å². The van der Waals surface area contributed by atoms with Crippen LogP contribution in [0.3, 0.4) is 0 Å². The van der Waals surface area contributed by atoms with Crippen molar-refractivity contribution >= 4 is 11.4 Å². The average molecular weight is 265 g/mol. The van der Waals surface area contributed by atoms with Crippen molar-refractivity contribution in [2.45, 2.75) is 0 Å². The fourth-order valence-corrected chi connectivity index (χ4v) is 1.41. The van der Waals surface area contributed by atoms with Crippen LogP contribution in [-0.4, -0.2) is 38.4 Å². The summed E-state index contributed by atoms with van der Waals surface area (Å²) >= 11 is 0. The molecule has 0 unspecified atom stereocenters. The molecule has 0 aliphatic rings. The molecule has 0 saturated carbocycles. The predicted octanol–water partition coefficient (Wildman–Crippen LogP) is 1.54. The van der Waals surface area contributed by atoms with Gasteiger partial charge in [-0.05, 0) is 12.1 Å². The van der Waals surface area contributed by atoms with Crippen molar-refractivity contribution < 1.29 is 14.4 Å². The smallest absolute Gasteiger partial charge is 0.292 e. The Hall–Kier alpha value is -2.17. The highest BCUT2D eigenvalue weighted by Crippen LogP contribution is 2.24. The molecule has 0 saturated heterocycles. The summed E-state index contributed by atoms with van der Waals surface area (Å²) in [6, 6.07) is 6.12. The third kappa shape index (κ3) is 4.91. The van der Waals surface area contributed by atoms with E-state index in [2.05, 4.69) is 5.32 Å². The van der Waals surface area contributed by atoms with Gasteiger partial charge in [-0.1, -0.05) is 0 Å². The van der Waals surface area contributed by atoms with Crippen LogP contribution in [0.5, 0.6) is 0 Å². The van der Waals surface area contributed by atoms with Crippen LogP contribution in [0, 0.1) is 21.4 Å². The molecule has 0 radical (unpaired) electrons. The summed E-state index contributed by atoms with van der Waals surface area (Å²) in [7, 11) is 1.58. The lowest BCUT2D eigenvalue weighted by atomic mass is 10.2. The Morgan fingerprint density at radius 1 is 1.42 bits per heavy atom. The molecular weight excluding hydrogens is 250 g/mol. The van der Waals surface area contributed by atoms with E-state index in [0.29, 0.717) is 37.6 Å². The molecule has 1 aromatic carbocycles. The van der Waals surface area contributed by atoms with Gasteiger partial charge in [-0.3, -0.25) is 10.1 Å². The van der Waals surface area contributed by atoms with Gasteiger partial charge in [0, 0.05) is 19.7 Å². The number of nitrogens with one attached hydrogen (secondary N) is 1. The summed E-state index contributed by atoms with van der Waals surface area (Å²) in [5.41, 5.74) is 0.628. The first kappa shape index (κ1) is 14.9. The van der Waals surface area contributed by atoms with E-state index >= 15 is 0 Å². The largest absolute Gasteiger partial charge is 0.382 e. The maximum absolute atomic E-state index is 10.8. The Kier molecular flexibility index (Phi) is 6.29. The Labute approximate surface area is 110 Å². The molecule has 19 heavy (non-hydrogen) atoms. The van der Waals surface area contributed by atoms with Crippen LogP contribution in [0.1, 0.15) is 5.56 Å². The second-order valence-electron chi connectivity index (χ2n) is 3.63. The lowest BCUT2D eigenvalue weighted by Gasteiger charge is -2.08. The minimum atomic E-state index is -0.491. The molecule has 0 atom stereocenters. The molecule has 1 rings (SSSR count). The second-order valence-corrected chi connectivity index (χ2v) is 3.63. The topological polar surface area (TPSA) is 97.4 Å². The van der Waals surface area contributed by atoms with E-state index in [4.69, 9.17) is 14.7 Å². The number of hydrogen-bond acceptors (Lipinski definition) is 6. The van der Waals surface area contributed by atoms with Gasteiger partial charge in [0.1, 0.15) is 5.69 Å². The molecule has 1 N–H and O–H groups in total.